The van der Waals surface area contributed by atoms with Gasteiger partial charge in [-0.05, 0) is 5.56 Å². The van der Waals surface area contributed by atoms with Crippen LogP contribution < -0.4 is 10.6 Å². The van der Waals surface area contributed by atoms with Crippen LogP contribution in [0.2, 0.25) is 0 Å². The van der Waals surface area contributed by atoms with Gasteiger partial charge in [0.05, 0.1) is 18.7 Å². The van der Waals surface area contributed by atoms with Crippen LogP contribution in [0.15, 0.2) is 30.3 Å². The Balaban J connectivity index is 2.17. The Kier molecular flexibility index (Phi) is 4.93. The molecule has 2 rings (SSSR count). The van der Waals surface area contributed by atoms with Crippen LogP contribution >= 0.6 is 0 Å². The van der Waals surface area contributed by atoms with Gasteiger partial charge in [0.1, 0.15) is 6.04 Å². The zero-order valence-corrected chi connectivity index (χ0v) is 12.2. The van der Waals surface area contributed by atoms with Gasteiger partial charge in [0.2, 0.25) is 11.8 Å². The molecule has 0 aromatic heterocycles. The Morgan fingerprint density at radius 3 is 2.48 bits per heavy atom. The number of hydrogen-bond donors (Lipinski definition) is 3. The van der Waals surface area contributed by atoms with Crippen molar-refractivity contribution in [3.05, 3.63) is 35.9 Å². The number of amides is 2. The number of nitrogens with one attached hydrogen (secondary N) is 2. The third kappa shape index (κ3) is 3.22. The molecular weight excluding hydrogens is 270 g/mol. The lowest BCUT2D eigenvalue weighted by atomic mass is 9.85. The summed E-state index contributed by atoms with van der Waals surface area (Å²) in [4.78, 5) is 25.3. The van der Waals surface area contributed by atoms with Gasteiger partial charge in [-0.15, -0.1) is 0 Å². The van der Waals surface area contributed by atoms with Crippen LogP contribution in [0.4, 0.5) is 0 Å². The first kappa shape index (κ1) is 15.5. The third-order valence-corrected chi connectivity index (χ3v) is 3.82. The average molecular weight is 291 g/mol. The molecule has 1 heterocycles. The Hall–Kier alpha value is -1.92. The van der Waals surface area contributed by atoms with E-state index >= 15 is 0 Å². The van der Waals surface area contributed by atoms with E-state index in [-0.39, 0.29) is 30.5 Å². The monoisotopic (exact) mass is 291 g/mol. The predicted molar refractivity (Wildman–Crippen MR) is 78.3 cm³/mol. The van der Waals surface area contributed by atoms with Crippen molar-refractivity contribution in [1.82, 2.24) is 15.5 Å². The van der Waals surface area contributed by atoms with Gasteiger partial charge in [0.15, 0.2) is 0 Å². The standard InChI is InChI=1S/C15H21N3O3/c1-10(20)17-13-12(9-19)18(14(13)15(21)16-2)8-11-6-4-3-5-7-11/h3-7,12-14,19H,8-9H2,1-2H3,(H,16,21)(H,17,20)/t12-,13-,14-/m0/s1. The number of benzene rings is 1. The summed E-state index contributed by atoms with van der Waals surface area (Å²) in [7, 11) is 1.57. The molecule has 1 aromatic rings. The molecule has 0 saturated carbocycles. The normalized spacial score (nSPS) is 25.0. The molecule has 6 heteroatoms. The first-order valence-corrected chi connectivity index (χ1v) is 6.97. The van der Waals surface area contributed by atoms with E-state index in [0.29, 0.717) is 6.54 Å². The lowest BCUT2D eigenvalue weighted by Gasteiger charge is -2.53. The zero-order chi connectivity index (χ0) is 15.4. The van der Waals surface area contributed by atoms with Crippen LogP contribution in [0, 0.1) is 0 Å². The highest BCUT2D eigenvalue weighted by Crippen LogP contribution is 2.28. The number of rotatable bonds is 5. The number of aliphatic hydroxyl groups excluding tert-OH is 1. The van der Waals surface area contributed by atoms with Gasteiger partial charge in [-0.1, -0.05) is 30.3 Å². The van der Waals surface area contributed by atoms with Crippen LogP contribution in [0.1, 0.15) is 12.5 Å². The Bertz CT molecular complexity index is 506. The van der Waals surface area contributed by atoms with E-state index in [1.807, 2.05) is 35.2 Å². The summed E-state index contributed by atoms with van der Waals surface area (Å²) in [6.45, 7) is 1.86. The van der Waals surface area contributed by atoms with Crippen molar-refractivity contribution in [3.63, 3.8) is 0 Å². The van der Waals surface area contributed by atoms with Crippen molar-refractivity contribution in [1.29, 1.82) is 0 Å². The van der Waals surface area contributed by atoms with Crippen molar-refractivity contribution in [2.45, 2.75) is 31.6 Å². The van der Waals surface area contributed by atoms with E-state index in [0.717, 1.165) is 5.56 Å². The molecule has 1 aliphatic heterocycles. The minimum absolute atomic E-state index is 0.106. The molecule has 0 radical (unpaired) electrons. The summed E-state index contributed by atoms with van der Waals surface area (Å²) in [6.07, 6.45) is 0. The molecule has 21 heavy (non-hydrogen) atoms. The lowest BCUT2D eigenvalue weighted by Crippen LogP contribution is -2.77. The van der Waals surface area contributed by atoms with Crippen molar-refractivity contribution >= 4 is 11.8 Å². The Morgan fingerprint density at radius 1 is 1.29 bits per heavy atom. The minimum Gasteiger partial charge on any atom is -0.395 e. The van der Waals surface area contributed by atoms with Crippen LogP contribution in [-0.4, -0.2) is 53.6 Å². The molecule has 1 aromatic carbocycles. The summed E-state index contributed by atoms with van der Waals surface area (Å²) in [5.74, 6) is -0.360. The fourth-order valence-electron chi connectivity index (χ4n) is 2.83. The second-order valence-corrected chi connectivity index (χ2v) is 5.19. The second kappa shape index (κ2) is 6.69. The first-order chi connectivity index (χ1) is 10.1. The average Bonchev–Trinajstić information content (AvgIpc) is 2.47. The molecule has 3 N–H and O–H groups in total. The summed E-state index contributed by atoms with van der Waals surface area (Å²) in [5.41, 5.74) is 1.06. The van der Waals surface area contributed by atoms with Crippen LogP contribution in [0.5, 0.6) is 0 Å². The SMILES string of the molecule is CNC(=O)[C@@H]1[C@@H](NC(C)=O)[C@H](CO)N1Cc1ccccc1. The third-order valence-electron chi connectivity index (χ3n) is 3.82. The van der Waals surface area contributed by atoms with Crippen molar-refractivity contribution in [3.8, 4) is 0 Å². The minimum atomic E-state index is -0.462. The molecule has 1 fully saturated rings. The molecule has 0 unspecified atom stereocenters. The highest BCUT2D eigenvalue weighted by Gasteiger charge is 2.51. The van der Waals surface area contributed by atoms with Crippen LogP contribution in [0.3, 0.4) is 0 Å². The molecule has 1 aliphatic rings. The van der Waals surface area contributed by atoms with Crippen molar-refractivity contribution < 1.29 is 14.7 Å². The van der Waals surface area contributed by atoms with Crippen molar-refractivity contribution in [2.75, 3.05) is 13.7 Å². The number of carbonyl (C=O) groups is 2. The van der Waals surface area contributed by atoms with E-state index in [4.69, 9.17) is 0 Å². The summed E-state index contributed by atoms with van der Waals surface area (Å²) in [5, 5.41) is 14.9. The van der Waals surface area contributed by atoms with Gasteiger partial charge in [-0.3, -0.25) is 14.5 Å². The maximum Gasteiger partial charge on any atom is 0.239 e. The van der Waals surface area contributed by atoms with Crippen LogP contribution in [-0.2, 0) is 16.1 Å². The number of likely N-dealkylation sites (N-methyl/N-ethyl adjacent to an activating group) is 1. The van der Waals surface area contributed by atoms with Gasteiger partial charge in [-0.2, -0.15) is 0 Å². The Morgan fingerprint density at radius 2 is 1.95 bits per heavy atom. The lowest BCUT2D eigenvalue weighted by molar-refractivity contribution is -0.144. The molecule has 3 atom stereocenters. The molecule has 2 amide bonds. The first-order valence-electron chi connectivity index (χ1n) is 6.97. The summed E-state index contributed by atoms with van der Waals surface area (Å²) in [6, 6.07) is 8.66. The predicted octanol–water partition coefficient (Wildman–Crippen LogP) is -0.518. The summed E-state index contributed by atoms with van der Waals surface area (Å²) < 4.78 is 0. The molecule has 114 valence electrons. The van der Waals surface area contributed by atoms with E-state index in [2.05, 4.69) is 10.6 Å². The highest BCUT2D eigenvalue weighted by molar-refractivity contribution is 5.85. The quantitative estimate of drug-likeness (QED) is 0.682. The molecule has 0 bridgehead atoms. The smallest absolute Gasteiger partial charge is 0.239 e. The van der Waals surface area contributed by atoms with Gasteiger partial charge in [-0.25, -0.2) is 0 Å². The van der Waals surface area contributed by atoms with Crippen LogP contribution in [0.25, 0.3) is 0 Å². The largest absolute Gasteiger partial charge is 0.395 e. The fourth-order valence-corrected chi connectivity index (χ4v) is 2.83. The molecule has 6 nitrogen and oxygen atoms in total. The number of likely N-dealkylation sites (tertiary alicyclic amines) is 1. The molecule has 1 saturated heterocycles. The van der Waals surface area contributed by atoms with Crippen molar-refractivity contribution in [2.24, 2.45) is 0 Å². The van der Waals surface area contributed by atoms with Gasteiger partial charge < -0.3 is 15.7 Å². The number of nitrogens with zero attached hydrogens (tertiary/aromatic N) is 1. The number of aliphatic hydroxyl groups is 1. The fraction of sp³-hybridized carbons (Fsp3) is 0.467. The second-order valence-electron chi connectivity index (χ2n) is 5.19. The molecule has 0 aliphatic carbocycles. The van der Waals surface area contributed by atoms with E-state index in [1.165, 1.54) is 6.92 Å². The Labute approximate surface area is 124 Å². The number of carbonyl (C=O) groups excluding carboxylic acids is 2. The van der Waals surface area contributed by atoms with Gasteiger partial charge >= 0.3 is 0 Å². The maximum atomic E-state index is 12.1. The molecular formula is C15H21N3O3. The van der Waals surface area contributed by atoms with E-state index < -0.39 is 6.04 Å². The topological polar surface area (TPSA) is 81.7 Å². The van der Waals surface area contributed by atoms with Gasteiger partial charge in [0.25, 0.3) is 0 Å². The summed E-state index contributed by atoms with van der Waals surface area (Å²) >= 11 is 0. The highest BCUT2D eigenvalue weighted by atomic mass is 16.3. The van der Waals surface area contributed by atoms with E-state index in [9.17, 15) is 14.7 Å². The molecule has 0 spiro atoms. The van der Waals surface area contributed by atoms with E-state index in [1.54, 1.807) is 7.05 Å². The maximum absolute atomic E-state index is 12.1. The van der Waals surface area contributed by atoms with Gasteiger partial charge in [0, 0.05) is 20.5 Å². The zero-order valence-electron chi connectivity index (χ0n) is 12.2. The number of hydrogen-bond acceptors (Lipinski definition) is 4.